The third-order valence-electron chi connectivity index (χ3n) is 2.53. The first-order chi connectivity index (χ1) is 5.68. The Morgan fingerprint density at radius 1 is 1.58 bits per heavy atom. The first-order valence-corrected chi connectivity index (χ1v) is 5.49. The van der Waals surface area contributed by atoms with Gasteiger partial charge in [-0.25, -0.2) is 4.79 Å². The molecule has 0 aromatic carbocycles. The number of nitrogens with two attached hydrogens (primary N) is 1. The summed E-state index contributed by atoms with van der Waals surface area (Å²) in [5.74, 6) is 0. The molecule has 0 aromatic heterocycles. The van der Waals surface area contributed by atoms with Crippen molar-refractivity contribution < 1.29 is 4.79 Å². The second-order valence-corrected chi connectivity index (χ2v) is 4.59. The third-order valence-corrected chi connectivity index (χ3v) is 3.95. The maximum atomic E-state index is 10.5. The van der Waals surface area contributed by atoms with E-state index in [1.54, 1.807) is 0 Å². The second kappa shape index (κ2) is 4.03. The molecule has 0 aromatic rings. The highest BCUT2D eigenvalue weighted by atomic mass is 32.2. The number of thioether (sulfide) groups is 1. The number of carbonyl (C=O) groups is 1. The highest BCUT2D eigenvalue weighted by Gasteiger charge is 2.32. The molecule has 1 fully saturated rings. The molecule has 1 saturated carbocycles. The fraction of sp³-hybridized carbons (Fsp3) is 0.875. The fourth-order valence-electron chi connectivity index (χ4n) is 1.72. The Bertz CT molecular complexity index is 166. The van der Waals surface area contributed by atoms with Crippen LogP contribution in [0.25, 0.3) is 0 Å². The molecule has 70 valence electrons. The standard InChI is InChI=1S/C8H16N2OS/c1-12-8(4-2-3-5-8)6-10-7(9)11/h2-6H2,1H3,(H3,9,10,11). The topological polar surface area (TPSA) is 55.1 Å². The maximum Gasteiger partial charge on any atom is 0.312 e. The van der Waals surface area contributed by atoms with Crippen molar-refractivity contribution >= 4 is 17.8 Å². The van der Waals surface area contributed by atoms with Crippen LogP contribution >= 0.6 is 11.8 Å². The number of hydrogen-bond acceptors (Lipinski definition) is 2. The lowest BCUT2D eigenvalue weighted by atomic mass is 10.1. The van der Waals surface area contributed by atoms with Crippen molar-refractivity contribution in [3.63, 3.8) is 0 Å². The minimum Gasteiger partial charge on any atom is -0.352 e. The van der Waals surface area contributed by atoms with Crippen molar-refractivity contribution in [3.05, 3.63) is 0 Å². The van der Waals surface area contributed by atoms with Gasteiger partial charge in [0.15, 0.2) is 0 Å². The molecule has 1 aliphatic carbocycles. The Hall–Kier alpha value is -0.380. The molecule has 0 spiro atoms. The minimum atomic E-state index is -0.407. The van der Waals surface area contributed by atoms with Gasteiger partial charge < -0.3 is 11.1 Å². The van der Waals surface area contributed by atoms with Gasteiger partial charge in [0.25, 0.3) is 0 Å². The molecular weight excluding hydrogens is 172 g/mol. The van der Waals surface area contributed by atoms with E-state index in [0.717, 1.165) is 6.54 Å². The molecule has 3 N–H and O–H groups in total. The number of carbonyl (C=O) groups excluding carboxylic acids is 1. The van der Waals surface area contributed by atoms with E-state index < -0.39 is 6.03 Å². The molecule has 0 saturated heterocycles. The van der Waals surface area contributed by atoms with Crippen LogP contribution in [0.2, 0.25) is 0 Å². The van der Waals surface area contributed by atoms with Crippen LogP contribution < -0.4 is 11.1 Å². The van der Waals surface area contributed by atoms with E-state index in [1.807, 2.05) is 11.8 Å². The number of urea groups is 1. The molecule has 12 heavy (non-hydrogen) atoms. The van der Waals surface area contributed by atoms with Crippen LogP contribution in [0, 0.1) is 0 Å². The fourth-order valence-corrected chi connectivity index (χ4v) is 2.63. The predicted octanol–water partition coefficient (Wildman–Crippen LogP) is 1.33. The van der Waals surface area contributed by atoms with E-state index in [0.29, 0.717) is 0 Å². The van der Waals surface area contributed by atoms with Gasteiger partial charge in [-0.2, -0.15) is 11.8 Å². The molecule has 0 bridgehead atoms. The molecule has 0 heterocycles. The van der Waals surface area contributed by atoms with Crippen molar-refractivity contribution in [3.8, 4) is 0 Å². The van der Waals surface area contributed by atoms with E-state index >= 15 is 0 Å². The summed E-state index contributed by atoms with van der Waals surface area (Å²) in [5.41, 5.74) is 5.02. The van der Waals surface area contributed by atoms with E-state index in [2.05, 4.69) is 11.6 Å². The maximum absolute atomic E-state index is 10.5. The first kappa shape index (κ1) is 9.71. The second-order valence-electron chi connectivity index (χ2n) is 3.31. The van der Waals surface area contributed by atoms with Gasteiger partial charge in [0.05, 0.1) is 0 Å². The van der Waals surface area contributed by atoms with Gasteiger partial charge in [0, 0.05) is 11.3 Å². The first-order valence-electron chi connectivity index (χ1n) is 4.27. The highest BCUT2D eigenvalue weighted by molar-refractivity contribution is 8.00. The lowest BCUT2D eigenvalue weighted by Gasteiger charge is -2.26. The lowest BCUT2D eigenvalue weighted by molar-refractivity contribution is 0.248. The van der Waals surface area contributed by atoms with E-state index in [-0.39, 0.29) is 4.75 Å². The molecule has 0 aliphatic heterocycles. The molecule has 1 rings (SSSR count). The molecule has 1 aliphatic rings. The number of primary amides is 1. The van der Waals surface area contributed by atoms with Crippen molar-refractivity contribution in [1.29, 1.82) is 0 Å². The van der Waals surface area contributed by atoms with Crippen LogP contribution in [0.1, 0.15) is 25.7 Å². The number of amides is 2. The molecule has 3 nitrogen and oxygen atoms in total. The monoisotopic (exact) mass is 188 g/mol. The molecule has 2 amide bonds. The van der Waals surface area contributed by atoms with Crippen molar-refractivity contribution in [1.82, 2.24) is 5.32 Å². The van der Waals surface area contributed by atoms with Crippen LogP contribution in [-0.4, -0.2) is 23.6 Å². The summed E-state index contributed by atoms with van der Waals surface area (Å²) >= 11 is 1.85. The molecule has 0 unspecified atom stereocenters. The Balaban J connectivity index is 2.39. The summed E-state index contributed by atoms with van der Waals surface area (Å²) in [6.45, 7) is 0.726. The van der Waals surface area contributed by atoms with Crippen LogP contribution in [0.15, 0.2) is 0 Å². The van der Waals surface area contributed by atoms with Gasteiger partial charge in [0.1, 0.15) is 0 Å². The third kappa shape index (κ3) is 2.30. The summed E-state index contributed by atoms with van der Waals surface area (Å²) in [4.78, 5) is 10.5. The minimum absolute atomic E-state index is 0.273. The van der Waals surface area contributed by atoms with Gasteiger partial charge in [-0.3, -0.25) is 0 Å². The highest BCUT2D eigenvalue weighted by Crippen LogP contribution is 2.39. The molecular formula is C8H16N2OS. The van der Waals surface area contributed by atoms with Crippen molar-refractivity contribution in [2.45, 2.75) is 30.4 Å². The summed E-state index contributed by atoms with van der Waals surface area (Å²) in [5, 5.41) is 2.70. The van der Waals surface area contributed by atoms with Crippen molar-refractivity contribution in [2.24, 2.45) is 5.73 Å². The van der Waals surface area contributed by atoms with Gasteiger partial charge >= 0.3 is 6.03 Å². The van der Waals surface area contributed by atoms with E-state index in [4.69, 9.17) is 5.73 Å². The molecule has 4 heteroatoms. The number of rotatable bonds is 3. The van der Waals surface area contributed by atoms with Crippen LogP contribution in [0.3, 0.4) is 0 Å². The zero-order chi connectivity index (χ0) is 9.03. The van der Waals surface area contributed by atoms with E-state index in [1.165, 1.54) is 25.7 Å². The predicted molar refractivity (Wildman–Crippen MR) is 52.3 cm³/mol. The van der Waals surface area contributed by atoms with Gasteiger partial charge in [-0.1, -0.05) is 12.8 Å². The van der Waals surface area contributed by atoms with Gasteiger partial charge in [0.2, 0.25) is 0 Å². The van der Waals surface area contributed by atoms with Crippen LogP contribution in [-0.2, 0) is 0 Å². The Morgan fingerprint density at radius 2 is 2.17 bits per heavy atom. The zero-order valence-corrected chi connectivity index (χ0v) is 8.25. The normalized spacial score (nSPS) is 20.8. The van der Waals surface area contributed by atoms with Crippen molar-refractivity contribution in [2.75, 3.05) is 12.8 Å². The van der Waals surface area contributed by atoms with E-state index in [9.17, 15) is 4.79 Å². The summed E-state index contributed by atoms with van der Waals surface area (Å²) in [7, 11) is 0. The smallest absolute Gasteiger partial charge is 0.312 e. The molecule has 0 radical (unpaired) electrons. The van der Waals surface area contributed by atoms with Crippen LogP contribution in [0.5, 0.6) is 0 Å². The average molecular weight is 188 g/mol. The Kier molecular flexibility index (Phi) is 3.26. The Labute approximate surface area is 77.5 Å². The summed E-state index contributed by atoms with van der Waals surface area (Å²) in [6, 6.07) is -0.407. The van der Waals surface area contributed by atoms with Gasteiger partial charge in [-0.05, 0) is 19.1 Å². The zero-order valence-electron chi connectivity index (χ0n) is 7.43. The van der Waals surface area contributed by atoms with Gasteiger partial charge in [-0.15, -0.1) is 0 Å². The average Bonchev–Trinajstić information content (AvgIpc) is 2.50. The lowest BCUT2D eigenvalue weighted by Crippen LogP contribution is -2.40. The molecule has 0 atom stereocenters. The summed E-state index contributed by atoms with van der Waals surface area (Å²) < 4.78 is 0.273. The SMILES string of the molecule is CSC1(CNC(N)=O)CCCC1. The number of hydrogen-bond donors (Lipinski definition) is 2. The van der Waals surface area contributed by atoms with Crippen LogP contribution in [0.4, 0.5) is 4.79 Å². The Morgan fingerprint density at radius 3 is 2.58 bits per heavy atom. The summed E-state index contributed by atoms with van der Waals surface area (Å²) in [6.07, 6.45) is 7.07. The largest absolute Gasteiger partial charge is 0.352 e. The quantitative estimate of drug-likeness (QED) is 0.702. The number of nitrogens with one attached hydrogen (secondary N) is 1.